The average molecular weight is 316 g/mol. The van der Waals surface area contributed by atoms with Gasteiger partial charge < -0.3 is 4.74 Å². The minimum absolute atomic E-state index is 0.321. The summed E-state index contributed by atoms with van der Waals surface area (Å²) in [4.78, 5) is 22.0. The van der Waals surface area contributed by atoms with Gasteiger partial charge in [-0.3, -0.25) is 4.79 Å². The van der Waals surface area contributed by atoms with E-state index in [2.05, 4.69) is 15.6 Å². The van der Waals surface area contributed by atoms with Crippen LogP contribution in [0.4, 0.5) is 0 Å². The molecule has 1 N–H and O–H groups in total. The minimum atomic E-state index is -0.372. The van der Waals surface area contributed by atoms with Gasteiger partial charge in [0.2, 0.25) is 0 Å². The summed E-state index contributed by atoms with van der Waals surface area (Å²) in [6.07, 6.45) is 6.37. The molecule has 0 spiro atoms. The molecule has 1 fully saturated rings. The molecule has 7 nitrogen and oxygen atoms in total. The van der Waals surface area contributed by atoms with Crippen LogP contribution in [-0.4, -0.2) is 33.6 Å². The second-order valence-corrected chi connectivity index (χ2v) is 5.30. The molecule has 1 aliphatic heterocycles. The largest absolute Gasteiger partial charge is 0.350 e. The lowest BCUT2D eigenvalue weighted by molar-refractivity contribution is -0.186. The third-order valence-electron chi connectivity index (χ3n) is 3.74. The van der Waals surface area contributed by atoms with Gasteiger partial charge in [-0.05, 0) is 31.4 Å². The van der Waals surface area contributed by atoms with Gasteiger partial charge in [-0.25, -0.2) is 20.0 Å². The maximum absolute atomic E-state index is 12.3. The van der Waals surface area contributed by atoms with Crippen molar-refractivity contribution < 1.29 is 14.4 Å². The first kappa shape index (κ1) is 15.6. The lowest BCUT2D eigenvalue weighted by Crippen LogP contribution is -2.33. The van der Waals surface area contributed by atoms with Crippen LogP contribution in [0.15, 0.2) is 30.6 Å². The summed E-state index contributed by atoms with van der Waals surface area (Å²) in [5.41, 5.74) is 3.74. The Morgan fingerprint density at radius 1 is 1.48 bits per heavy atom. The number of rotatable bonds is 5. The number of nitrogens with zero attached hydrogens (tertiary/aromatic N) is 3. The van der Waals surface area contributed by atoms with Crippen LogP contribution < -0.4 is 5.48 Å². The third kappa shape index (κ3) is 3.57. The first-order chi connectivity index (χ1) is 11.3. The monoisotopic (exact) mass is 316 g/mol. The Morgan fingerprint density at radius 2 is 2.39 bits per heavy atom. The van der Waals surface area contributed by atoms with E-state index in [0.29, 0.717) is 24.4 Å². The number of aromatic nitrogens is 3. The number of amides is 1. The van der Waals surface area contributed by atoms with Crippen LogP contribution in [0.3, 0.4) is 0 Å². The summed E-state index contributed by atoms with van der Waals surface area (Å²) in [7, 11) is 0. The molecule has 0 saturated carbocycles. The van der Waals surface area contributed by atoms with E-state index in [4.69, 9.17) is 9.57 Å². The highest BCUT2D eigenvalue weighted by atomic mass is 16.8. The SMILES string of the molecule is CCc1c(C(=O)NOC2CCCCO2)cnn1-c1ccccn1. The Bertz CT molecular complexity index is 651. The quantitative estimate of drug-likeness (QED) is 0.854. The van der Waals surface area contributed by atoms with E-state index in [9.17, 15) is 4.79 Å². The van der Waals surface area contributed by atoms with Crippen molar-refractivity contribution in [2.45, 2.75) is 38.9 Å². The van der Waals surface area contributed by atoms with Crippen LogP contribution in [0.25, 0.3) is 5.82 Å². The first-order valence-corrected chi connectivity index (χ1v) is 7.85. The second-order valence-electron chi connectivity index (χ2n) is 5.30. The van der Waals surface area contributed by atoms with E-state index in [1.54, 1.807) is 10.9 Å². The minimum Gasteiger partial charge on any atom is -0.350 e. The van der Waals surface area contributed by atoms with Gasteiger partial charge in [0.25, 0.3) is 5.91 Å². The molecule has 1 atom stereocenters. The molecule has 0 radical (unpaired) electrons. The summed E-state index contributed by atoms with van der Waals surface area (Å²) < 4.78 is 7.10. The van der Waals surface area contributed by atoms with Crippen molar-refractivity contribution in [2.24, 2.45) is 0 Å². The molecule has 1 saturated heterocycles. The van der Waals surface area contributed by atoms with Gasteiger partial charge in [0.1, 0.15) is 0 Å². The van der Waals surface area contributed by atoms with E-state index in [1.165, 1.54) is 6.20 Å². The van der Waals surface area contributed by atoms with Crippen molar-refractivity contribution in [1.82, 2.24) is 20.2 Å². The highest BCUT2D eigenvalue weighted by Gasteiger charge is 2.20. The number of carbonyl (C=O) groups excluding carboxylic acids is 1. The number of hydrogen-bond acceptors (Lipinski definition) is 5. The Morgan fingerprint density at radius 3 is 3.09 bits per heavy atom. The molecule has 7 heteroatoms. The zero-order valence-electron chi connectivity index (χ0n) is 13.1. The first-order valence-electron chi connectivity index (χ1n) is 7.85. The molecule has 2 aromatic heterocycles. The Hall–Kier alpha value is -2.25. The van der Waals surface area contributed by atoms with Gasteiger partial charge >= 0.3 is 0 Å². The molecule has 23 heavy (non-hydrogen) atoms. The van der Waals surface area contributed by atoms with Crippen LogP contribution in [0, 0.1) is 0 Å². The van der Waals surface area contributed by atoms with E-state index < -0.39 is 0 Å². The third-order valence-corrected chi connectivity index (χ3v) is 3.74. The van der Waals surface area contributed by atoms with Gasteiger partial charge in [0.15, 0.2) is 12.1 Å². The predicted molar refractivity (Wildman–Crippen MR) is 82.9 cm³/mol. The topological polar surface area (TPSA) is 78.3 Å². The number of carbonyl (C=O) groups is 1. The fourth-order valence-electron chi connectivity index (χ4n) is 2.56. The molecule has 0 bridgehead atoms. The molecule has 2 aromatic rings. The molecule has 0 aromatic carbocycles. The summed E-state index contributed by atoms with van der Waals surface area (Å²) in [5, 5.41) is 4.28. The molecule has 3 heterocycles. The lowest BCUT2D eigenvalue weighted by atomic mass is 10.2. The van der Waals surface area contributed by atoms with Crippen molar-refractivity contribution in [1.29, 1.82) is 0 Å². The maximum atomic E-state index is 12.3. The van der Waals surface area contributed by atoms with Crippen molar-refractivity contribution in [3.8, 4) is 5.82 Å². The average Bonchev–Trinajstić information content (AvgIpc) is 3.05. The van der Waals surface area contributed by atoms with Crippen LogP contribution >= 0.6 is 0 Å². The molecule has 3 rings (SSSR count). The summed E-state index contributed by atoms with van der Waals surface area (Å²) in [6, 6.07) is 5.57. The smallest absolute Gasteiger partial charge is 0.278 e. The van der Waals surface area contributed by atoms with Crippen molar-refractivity contribution in [3.05, 3.63) is 41.9 Å². The molecule has 0 aliphatic carbocycles. The van der Waals surface area contributed by atoms with E-state index in [1.807, 2.05) is 25.1 Å². The van der Waals surface area contributed by atoms with Gasteiger partial charge in [-0.1, -0.05) is 13.0 Å². The molecule has 1 aliphatic rings. The Balaban J connectivity index is 1.72. The maximum Gasteiger partial charge on any atom is 0.278 e. The predicted octanol–water partition coefficient (Wildman–Crippen LogP) is 2.02. The number of ether oxygens (including phenoxy) is 1. The normalized spacial score (nSPS) is 17.9. The molecule has 1 unspecified atom stereocenters. The van der Waals surface area contributed by atoms with Gasteiger partial charge in [-0.15, -0.1) is 0 Å². The van der Waals surface area contributed by atoms with Crippen molar-refractivity contribution in [2.75, 3.05) is 6.61 Å². The standard InChI is InChI=1S/C16H20N4O3/c1-2-13-12(11-18-20(13)14-7-3-5-9-17-14)16(21)19-23-15-8-4-6-10-22-15/h3,5,7,9,11,15H,2,4,6,8,10H2,1H3,(H,19,21). The summed E-state index contributed by atoms with van der Waals surface area (Å²) in [6.45, 7) is 2.64. The number of hydroxylamine groups is 1. The van der Waals surface area contributed by atoms with E-state index >= 15 is 0 Å². The van der Waals surface area contributed by atoms with Crippen LogP contribution in [0.1, 0.15) is 42.2 Å². The van der Waals surface area contributed by atoms with Crippen LogP contribution in [0.5, 0.6) is 0 Å². The zero-order chi connectivity index (χ0) is 16.1. The fraction of sp³-hybridized carbons (Fsp3) is 0.438. The van der Waals surface area contributed by atoms with Gasteiger partial charge in [0, 0.05) is 19.2 Å². The molecule has 1 amide bonds. The summed E-state index contributed by atoms with van der Waals surface area (Å²) >= 11 is 0. The van der Waals surface area contributed by atoms with Crippen molar-refractivity contribution in [3.63, 3.8) is 0 Å². The highest BCUT2D eigenvalue weighted by molar-refractivity contribution is 5.94. The number of pyridine rings is 1. The van der Waals surface area contributed by atoms with E-state index in [0.717, 1.165) is 25.0 Å². The second kappa shape index (κ2) is 7.34. The number of hydrogen-bond donors (Lipinski definition) is 1. The van der Waals surface area contributed by atoms with Gasteiger partial charge in [0.05, 0.1) is 17.5 Å². The lowest BCUT2D eigenvalue weighted by Gasteiger charge is -2.22. The highest BCUT2D eigenvalue weighted by Crippen LogP contribution is 2.16. The Labute approximate surface area is 134 Å². The molecular formula is C16H20N4O3. The van der Waals surface area contributed by atoms with Crippen LogP contribution in [-0.2, 0) is 16.0 Å². The molecule has 122 valence electrons. The van der Waals surface area contributed by atoms with Gasteiger partial charge in [-0.2, -0.15) is 5.10 Å². The van der Waals surface area contributed by atoms with Crippen LogP contribution in [0.2, 0.25) is 0 Å². The Kier molecular flexibility index (Phi) is 4.99. The zero-order valence-corrected chi connectivity index (χ0v) is 13.1. The summed E-state index contributed by atoms with van der Waals surface area (Å²) in [5.74, 6) is 0.359. The fourth-order valence-corrected chi connectivity index (χ4v) is 2.56. The molecular weight excluding hydrogens is 296 g/mol. The van der Waals surface area contributed by atoms with Crippen molar-refractivity contribution >= 4 is 5.91 Å². The number of nitrogens with one attached hydrogen (secondary N) is 1. The van der Waals surface area contributed by atoms with E-state index in [-0.39, 0.29) is 12.2 Å².